The van der Waals surface area contributed by atoms with Crippen molar-refractivity contribution in [3.05, 3.63) is 35.9 Å². The third-order valence-electron chi connectivity index (χ3n) is 3.63. The van der Waals surface area contributed by atoms with E-state index in [-0.39, 0.29) is 6.04 Å². The van der Waals surface area contributed by atoms with Crippen LogP contribution in [0, 0.1) is 11.8 Å². The van der Waals surface area contributed by atoms with Crippen molar-refractivity contribution in [2.24, 2.45) is 17.6 Å². The number of nitrogens with zero attached hydrogens (tertiary/aromatic N) is 1. The Bertz CT molecular complexity index is 326. The fourth-order valence-corrected chi connectivity index (χ4v) is 3.02. The average molecular weight is 232 g/mol. The first-order valence-corrected chi connectivity index (χ1v) is 6.68. The summed E-state index contributed by atoms with van der Waals surface area (Å²) in [7, 11) is 0. The number of rotatable bonds is 3. The first kappa shape index (κ1) is 12.6. The lowest BCUT2D eigenvalue weighted by Gasteiger charge is -2.36. The molecule has 0 amide bonds. The van der Waals surface area contributed by atoms with E-state index in [1.165, 1.54) is 25.1 Å². The van der Waals surface area contributed by atoms with Gasteiger partial charge >= 0.3 is 0 Å². The van der Waals surface area contributed by atoms with Crippen LogP contribution in [-0.4, -0.2) is 24.5 Å². The largest absolute Gasteiger partial charge is 0.323 e. The molecular formula is C15H24N2. The van der Waals surface area contributed by atoms with Crippen LogP contribution in [0.2, 0.25) is 0 Å². The highest BCUT2D eigenvalue weighted by Crippen LogP contribution is 2.22. The van der Waals surface area contributed by atoms with E-state index in [0.717, 1.165) is 18.4 Å². The topological polar surface area (TPSA) is 29.3 Å². The van der Waals surface area contributed by atoms with Crippen molar-refractivity contribution < 1.29 is 0 Å². The van der Waals surface area contributed by atoms with Gasteiger partial charge in [0.1, 0.15) is 0 Å². The zero-order valence-corrected chi connectivity index (χ0v) is 11.0. The van der Waals surface area contributed by atoms with Gasteiger partial charge in [0.25, 0.3) is 0 Å². The molecule has 1 saturated heterocycles. The molecule has 0 bridgehead atoms. The Labute approximate surface area is 105 Å². The summed E-state index contributed by atoms with van der Waals surface area (Å²) >= 11 is 0. The van der Waals surface area contributed by atoms with E-state index in [1.807, 2.05) is 6.07 Å². The fraction of sp³-hybridized carbons (Fsp3) is 0.600. The molecule has 1 aromatic carbocycles. The van der Waals surface area contributed by atoms with Crippen LogP contribution in [0.1, 0.15) is 31.9 Å². The molecule has 3 unspecified atom stereocenters. The number of nitrogens with two attached hydrogens (primary N) is 1. The monoisotopic (exact) mass is 232 g/mol. The maximum Gasteiger partial charge on any atom is 0.0424 e. The van der Waals surface area contributed by atoms with Crippen molar-refractivity contribution in [3.8, 4) is 0 Å². The van der Waals surface area contributed by atoms with Crippen LogP contribution in [0.25, 0.3) is 0 Å². The minimum absolute atomic E-state index is 0.147. The Morgan fingerprint density at radius 1 is 1.18 bits per heavy atom. The molecule has 1 heterocycles. The molecule has 2 nitrogen and oxygen atoms in total. The maximum absolute atomic E-state index is 6.28. The number of hydrogen-bond donors (Lipinski definition) is 1. The lowest BCUT2D eigenvalue weighted by atomic mass is 9.91. The standard InChI is InChI=1S/C15H24N2/c1-12-8-13(2)10-17(9-12)11-15(16)14-6-4-3-5-7-14/h3-7,12-13,15H,8-11,16H2,1-2H3. The summed E-state index contributed by atoms with van der Waals surface area (Å²) in [6.45, 7) is 8.07. The van der Waals surface area contributed by atoms with Gasteiger partial charge in [-0.1, -0.05) is 44.2 Å². The molecule has 0 aromatic heterocycles. The van der Waals surface area contributed by atoms with Gasteiger partial charge in [0, 0.05) is 25.7 Å². The molecule has 2 heteroatoms. The number of likely N-dealkylation sites (tertiary alicyclic amines) is 1. The summed E-state index contributed by atoms with van der Waals surface area (Å²) in [5.41, 5.74) is 7.52. The molecular weight excluding hydrogens is 208 g/mol. The third-order valence-corrected chi connectivity index (χ3v) is 3.63. The van der Waals surface area contributed by atoms with Crippen molar-refractivity contribution >= 4 is 0 Å². The van der Waals surface area contributed by atoms with Crippen molar-refractivity contribution in [2.45, 2.75) is 26.3 Å². The van der Waals surface area contributed by atoms with Crippen molar-refractivity contribution in [1.82, 2.24) is 4.90 Å². The fourth-order valence-electron chi connectivity index (χ4n) is 3.02. The van der Waals surface area contributed by atoms with Gasteiger partial charge in [-0.25, -0.2) is 0 Å². The van der Waals surface area contributed by atoms with Crippen LogP contribution in [0.3, 0.4) is 0 Å². The van der Waals surface area contributed by atoms with E-state index in [2.05, 4.69) is 43.0 Å². The zero-order chi connectivity index (χ0) is 12.3. The molecule has 0 saturated carbocycles. The van der Waals surface area contributed by atoms with Gasteiger partial charge in [-0.15, -0.1) is 0 Å². The molecule has 1 aromatic rings. The lowest BCUT2D eigenvalue weighted by molar-refractivity contribution is 0.134. The molecule has 2 rings (SSSR count). The zero-order valence-electron chi connectivity index (χ0n) is 11.0. The molecule has 94 valence electrons. The number of hydrogen-bond acceptors (Lipinski definition) is 2. The molecule has 0 spiro atoms. The Kier molecular flexibility index (Phi) is 4.19. The second kappa shape index (κ2) is 5.65. The van der Waals surface area contributed by atoms with E-state index in [4.69, 9.17) is 5.73 Å². The van der Waals surface area contributed by atoms with Gasteiger partial charge in [0.2, 0.25) is 0 Å². The van der Waals surface area contributed by atoms with Crippen LogP contribution in [0.4, 0.5) is 0 Å². The molecule has 1 fully saturated rings. The molecule has 2 N–H and O–H groups in total. The summed E-state index contributed by atoms with van der Waals surface area (Å²) in [5, 5.41) is 0. The minimum Gasteiger partial charge on any atom is -0.323 e. The number of benzene rings is 1. The van der Waals surface area contributed by atoms with E-state index < -0.39 is 0 Å². The molecule has 0 radical (unpaired) electrons. The van der Waals surface area contributed by atoms with Gasteiger partial charge in [-0.3, -0.25) is 0 Å². The Hall–Kier alpha value is -0.860. The molecule has 1 aliphatic heterocycles. The van der Waals surface area contributed by atoms with Crippen LogP contribution in [0.5, 0.6) is 0 Å². The van der Waals surface area contributed by atoms with Gasteiger partial charge in [-0.2, -0.15) is 0 Å². The maximum atomic E-state index is 6.28. The van der Waals surface area contributed by atoms with Crippen LogP contribution in [-0.2, 0) is 0 Å². The first-order chi connectivity index (χ1) is 8.15. The summed E-state index contributed by atoms with van der Waals surface area (Å²) in [6.07, 6.45) is 1.36. The summed E-state index contributed by atoms with van der Waals surface area (Å²) < 4.78 is 0. The van der Waals surface area contributed by atoms with Crippen molar-refractivity contribution in [1.29, 1.82) is 0 Å². The summed E-state index contributed by atoms with van der Waals surface area (Å²) in [5.74, 6) is 1.61. The number of piperidine rings is 1. The van der Waals surface area contributed by atoms with Crippen molar-refractivity contribution in [2.75, 3.05) is 19.6 Å². The predicted molar refractivity (Wildman–Crippen MR) is 72.8 cm³/mol. The Morgan fingerprint density at radius 3 is 2.35 bits per heavy atom. The van der Waals surface area contributed by atoms with E-state index in [9.17, 15) is 0 Å². The van der Waals surface area contributed by atoms with Gasteiger partial charge in [0.15, 0.2) is 0 Å². The van der Waals surface area contributed by atoms with Gasteiger partial charge in [-0.05, 0) is 23.8 Å². The second-order valence-electron chi connectivity index (χ2n) is 5.68. The highest BCUT2D eigenvalue weighted by Gasteiger charge is 2.23. The Balaban J connectivity index is 1.92. The third kappa shape index (κ3) is 3.55. The highest BCUT2D eigenvalue weighted by molar-refractivity contribution is 5.18. The quantitative estimate of drug-likeness (QED) is 0.868. The summed E-state index contributed by atoms with van der Waals surface area (Å²) in [4.78, 5) is 2.52. The van der Waals surface area contributed by atoms with Gasteiger partial charge < -0.3 is 10.6 Å². The second-order valence-corrected chi connectivity index (χ2v) is 5.68. The molecule has 3 atom stereocenters. The van der Waals surface area contributed by atoms with E-state index in [1.54, 1.807) is 0 Å². The predicted octanol–water partition coefficient (Wildman–Crippen LogP) is 2.66. The van der Waals surface area contributed by atoms with Crippen molar-refractivity contribution in [3.63, 3.8) is 0 Å². The van der Waals surface area contributed by atoms with Crippen LogP contribution in [0.15, 0.2) is 30.3 Å². The normalized spacial score (nSPS) is 27.9. The van der Waals surface area contributed by atoms with Gasteiger partial charge in [0.05, 0.1) is 0 Å². The lowest BCUT2D eigenvalue weighted by Crippen LogP contribution is -2.42. The van der Waals surface area contributed by atoms with E-state index in [0.29, 0.717) is 0 Å². The van der Waals surface area contributed by atoms with E-state index >= 15 is 0 Å². The smallest absolute Gasteiger partial charge is 0.0424 e. The first-order valence-electron chi connectivity index (χ1n) is 6.68. The molecule has 17 heavy (non-hydrogen) atoms. The van der Waals surface area contributed by atoms with Crippen LogP contribution >= 0.6 is 0 Å². The minimum atomic E-state index is 0.147. The Morgan fingerprint density at radius 2 is 1.76 bits per heavy atom. The molecule has 1 aliphatic rings. The molecule has 0 aliphatic carbocycles. The SMILES string of the molecule is CC1CC(C)CN(CC(N)c2ccccc2)C1. The highest BCUT2D eigenvalue weighted by atomic mass is 15.1. The summed E-state index contributed by atoms with van der Waals surface area (Å²) in [6, 6.07) is 10.6. The van der Waals surface area contributed by atoms with Crippen LogP contribution < -0.4 is 5.73 Å². The average Bonchev–Trinajstić information content (AvgIpc) is 2.28.